The van der Waals surface area contributed by atoms with Crippen molar-refractivity contribution in [1.82, 2.24) is 10.2 Å². The maximum absolute atomic E-state index is 8.51. The normalized spacial score (nSPS) is 10.2. The molecular formula is C22H23N3. The predicted octanol–water partition coefficient (Wildman–Crippen LogP) is 4.41. The van der Waals surface area contributed by atoms with Crippen LogP contribution in [-0.4, -0.2) is 10.9 Å². The smallest absolute Gasteiger partial charge is 0.191 e. The van der Waals surface area contributed by atoms with E-state index in [2.05, 4.69) is 46.6 Å². The average molecular weight is 329 g/mol. The van der Waals surface area contributed by atoms with E-state index in [9.17, 15) is 0 Å². The number of hydrogen-bond acceptors (Lipinski definition) is 1. The summed E-state index contributed by atoms with van der Waals surface area (Å²) in [7, 11) is 0. The maximum atomic E-state index is 8.51. The van der Waals surface area contributed by atoms with E-state index >= 15 is 0 Å². The number of guanidine groups is 1. The van der Waals surface area contributed by atoms with E-state index in [1.165, 1.54) is 16.7 Å². The summed E-state index contributed by atoms with van der Waals surface area (Å²) in [6.45, 7) is 2.06. The van der Waals surface area contributed by atoms with Gasteiger partial charge in [0.1, 0.15) is 0 Å². The van der Waals surface area contributed by atoms with Gasteiger partial charge in [0.25, 0.3) is 0 Å². The molecule has 0 bridgehead atoms. The van der Waals surface area contributed by atoms with E-state index in [-0.39, 0.29) is 0 Å². The highest BCUT2D eigenvalue weighted by Crippen LogP contribution is 2.10. The number of hydrogen-bond donors (Lipinski definition) is 2. The second kappa shape index (κ2) is 8.69. The highest BCUT2D eigenvalue weighted by atomic mass is 15.3. The third kappa shape index (κ3) is 5.21. The summed E-state index contributed by atoms with van der Waals surface area (Å²) in [5.41, 5.74) is 3.57. The van der Waals surface area contributed by atoms with Gasteiger partial charge in [-0.25, -0.2) is 0 Å². The van der Waals surface area contributed by atoms with Crippen LogP contribution in [0.15, 0.2) is 91.0 Å². The molecule has 126 valence electrons. The van der Waals surface area contributed by atoms with Gasteiger partial charge in [-0.15, -0.1) is 0 Å². The first-order chi connectivity index (χ1) is 12.3. The molecule has 3 aromatic rings. The third-order valence-corrected chi connectivity index (χ3v) is 4.05. The van der Waals surface area contributed by atoms with Gasteiger partial charge in [0.2, 0.25) is 0 Å². The van der Waals surface area contributed by atoms with E-state index in [0.717, 1.165) is 0 Å². The van der Waals surface area contributed by atoms with Crippen LogP contribution in [0.1, 0.15) is 16.7 Å². The van der Waals surface area contributed by atoms with Gasteiger partial charge in [-0.2, -0.15) is 0 Å². The molecule has 3 aromatic carbocycles. The number of nitrogens with zero attached hydrogens (tertiary/aromatic N) is 1. The molecule has 3 nitrogen and oxygen atoms in total. The van der Waals surface area contributed by atoms with E-state index in [0.29, 0.717) is 25.6 Å². The van der Waals surface area contributed by atoms with Crippen LogP contribution in [-0.2, 0) is 19.6 Å². The molecule has 25 heavy (non-hydrogen) atoms. The molecule has 3 heteroatoms. The molecule has 0 fully saturated rings. The molecule has 0 aliphatic heterocycles. The van der Waals surface area contributed by atoms with Gasteiger partial charge < -0.3 is 10.2 Å². The Bertz CT molecular complexity index is 729. The lowest BCUT2D eigenvalue weighted by atomic mass is 10.1. The van der Waals surface area contributed by atoms with Crippen molar-refractivity contribution in [3.05, 3.63) is 108 Å². The Labute approximate surface area is 149 Å². The van der Waals surface area contributed by atoms with Gasteiger partial charge in [-0.3, -0.25) is 5.41 Å². The van der Waals surface area contributed by atoms with Gasteiger partial charge in [-0.1, -0.05) is 91.0 Å². The summed E-state index contributed by atoms with van der Waals surface area (Å²) in [6.07, 6.45) is 0. The van der Waals surface area contributed by atoms with Crippen LogP contribution >= 0.6 is 0 Å². The second-order valence-electron chi connectivity index (χ2n) is 6.02. The summed E-state index contributed by atoms with van der Waals surface area (Å²) < 4.78 is 0. The van der Waals surface area contributed by atoms with Gasteiger partial charge >= 0.3 is 0 Å². The number of nitrogens with one attached hydrogen (secondary N) is 2. The fourth-order valence-corrected chi connectivity index (χ4v) is 2.72. The SMILES string of the molecule is N=C(NCc1ccccc1)N(Cc1ccccc1)Cc1ccccc1. The summed E-state index contributed by atoms with van der Waals surface area (Å²) in [5, 5.41) is 11.8. The largest absolute Gasteiger partial charge is 0.352 e. The van der Waals surface area contributed by atoms with Crippen LogP contribution in [0.2, 0.25) is 0 Å². The summed E-state index contributed by atoms with van der Waals surface area (Å²) >= 11 is 0. The fraction of sp³-hybridized carbons (Fsp3) is 0.136. The van der Waals surface area contributed by atoms with Gasteiger partial charge in [0.05, 0.1) is 0 Å². The minimum atomic E-state index is 0.441. The first-order valence-electron chi connectivity index (χ1n) is 8.50. The van der Waals surface area contributed by atoms with Crippen LogP contribution in [0.25, 0.3) is 0 Å². The third-order valence-electron chi connectivity index (χ3n) is 4.05. The van der Waals surface area contributed by atoms with Crippen molar-refractivity contribution < 1.29 is 0 Å². The van der Waals surface area contributed by atoms with E-state index in [4.69, 9.17) is 5.41 Å². The lowest BCUT2D eigenvalue weighted by Crippen LogP contribution is -2.39. The first-order valence-corrected chi connectivity index (χ1v) is 8.50. The maximum Gasteiger partial charge on any atom is 0.191 e. The molecule has 0 atom stereocenters. The van der Waals surface area contributed by atoms with E-state index < -0.39 is 0 Å². The molecule has 0 aromatic heterocycles. The highest BCUT2D eigenvalue weighted by molar-refractivity contribution is 5.76. The van der Waals surface area contributed by atoms with Crippen molar-refractivity contribution in [1.29, 1.82) is 5.41 Å². The molecule has 0 heterocycles. The van der Waals surface area contributed by atoms with Gasteiger partial charge in [0, 0.05) is 19.6 Å². The zero-order chi connectivity index (χ0) is 17.3. The molecule has 0 amide bonds. The van der Waals surface area contributed by atoms with Crippen molar-refractivity contribution in [2.75, 3.05) is 0 Å². The molecule has 0 unspecified atom stereocenters. The van der Waals surface area contributed by atoms with Crippen molar-refractivity contribution in [2.24, 2.45) is 0 Å². The Morgan fingerprint density at radius 1 is 0.640 bits per heavy atom. The average Bonchev–Trinajstić information content (AvgIpc) is 2.68. The second-order valence-corrected chi connectivity index (χ2v) is 6.02. The molecule has 0 radical (unpaired) electrons. The molecule has 0 aliphatic carbocycles. The highest BCUT2D eigenvalue weighted by Gasteiger charge is 2.11. The number of benzene rings is 3. The Balaban J connectivity index is 1.69. The van der Waals surface area contributed by atoms with Gasteiger partial charge in [0.15, 0.2) is 5.96 Å². The molecule has 0 aliphatic rings. The van der Waals surface area contributed by atoms with Crippen molar-refractivity contribution in [2.45, 2.75) is 19.6 Å². The quantitative estimate of drug-likeness (QED) is 0.519. The van der Waals surface area contributed by atoms with E-state index in [1.807, 2.05) is 54.6 Å². The Hall–Kier alpha value is -3.07. The standard InChI is InChI=1S/C22H23N3/c23-22(24-16-19-10-4-1-5-11-19)25(17-20-12-6-2-7-13-20)18-21-14-8-3-9-15-21/h1-15H,16-18H2,(H2,23,24). The first kappa shape index (κ1) is 16.8. The summed E-state index contributed by atoms with van der Waals surface area (Å²) in [6, 6.07) is 30.8. The monoisotopic (exact) mass is 329 g/mol. The van der Waals surface area contributed by atoms with Gasteiger partial charge in [-0.05, 0) is 16.7 Å². The molecule has 2 N–H and O–H groups in total. The Morgan fingerprint density at radius 2 is 1.04 bits per heavy atom. The molecule has 0 saturated carbocycles. The van der Waals surface area contributed by atoms with Crippen LogP contribution in [0.5, 0.6) is 0 Å². The van der Waals surface area contributed by atoms with Crippen LogP contribution in [0.4, 0.5) is 0 Å². The van der Waals surface area contributed by atoms with E-state index in [1.54, 1.807) is 0 Å². The lowest BCUT2D eigenvalue weighted by Gasteiger charge is -2.26. The minimum Gasteiger partial charge on any atom is -0.352 e. The number of rotatable bonds is 6. The van der Waals surface area contributed by atoms with Crippen molar-refractivity contribution >= 4 is 5.96 Å². The van der Waals surface area contributed by atoms with Crippen LogP contribution in [0.3, 0.4) is 0 Å². The Morgan fingerprint density at radius 3 is 1.48 bits per heavy atom. The zero-order valence-corrected chi connectivity index (χ0v) is 14.2. The molecule has 0 saturated heterocycles. The summed E-state index contributed by atoms with van der Waals surface area (Å²) in [5.74, 6) is 0.441. The van der Waals surface area contributed by atoms with Crippen molar-refractivity contribution in [3.8, 4) is 0 Å². The Kier molecular flexibility index (Phi) is 5.83. The zero-order valence-electron chi connectivity index (χ0n) is 14.2. The lowest BCUT2D eigenvalue weighted by molar-refractivity contribution is 0.387. The topological polar surface area (TPSA) is 39.1 Å². The fourth-order valence-electron chi connectivity index (χ4n) is 2.72. The van der Waals surface area contributed by atoms with Crippen LogP contribution in [0, 0.1) is 5.41 Å². The van der Waals surface area contributed by atoms with Crippen molar-refractivity contribution in [3.63, 3.8) is 0 Å². The predicted molar refractivity (Wildman–Crippen MR) is 103 cm³/mol. The molecule has 3 rings (SSSR count). The molecule has 0 spiro atoms. The minimum absolute atomic E-state index is 0.441. The molecular weight excluding hydrogens is 306 g/mol. The van der Waals surface area contributed by atoms with Crippen LogP contribution < -0.4 is 5.32 Å². The summed E-state index contributed by atoms with van der Waals surface area (Å²) in [4.78, 5) is 2.06.